The van der Waals surface area contributed by atoms with Gasteiger partial charge in [-0.05, 0) is 63.5 Å². The number of aromatic nitrogens is 3. The lowest BCUT2D eigenvalue weighted by Gasteiger charge is -2.32. The largest absolute Gasteiger partial charge is 0.390 e. The van der Waals surface area contributed by atoms with E-state index in [4.69, 9.17) is 9.97 Å². The minimum absolute atomic E-state index is 0.0237. The van der Waals surface area contributed by atoms with Gasteiger partial charge in [0.1, 0.15) is 11.5 Å². The van der Waals surface area contributed by atoms with Crippen LogP contribution in [0.25, 0.3) is 5.65 Å². The lowest BCUT2D eigenvalue weighted by molar-refractivity contribution is 0.203. The molecule has 7 nitrogen and oxygen atoms in total. The Kier molecular flexibility index (Phi) is 5.65. The Balaban J connectivity index is 1.46. The Morgan fingerprint density at radius 3 is 2.94 bits per heavy atom. The summed E-state index contributed by atoms with van der Waals surface area (Å²) < 4.78 is 2.15. The fraction of sp³-hybridized carbons (Fsp3) is 0.500. The summed E-state index contributed by atoms with van der Waals surface area (Å²) in [6.45, 7) is 2.65. The second kappa shape index (κ2) is 8.57. The molecule has 4 heterocycles. The molecule has 0 amide bonds. The normalized spacial score (nSPS) is 21.2. The van der Waals surface area contributed by atoms with Crippen molar-refractivity contribution in [2.24, 2.45) is 0 Å². The van der Waals surface area contributed by atoms with E-state index in [1.165, 1.54) is 17.7 Å². The van der Waals surface area contributed by atoms with E-state index in [2.05, 4.69) is 44.8 Å². The Labute approximate surface area is 183 Å². The van der Waals surface area contributed by atoms with E-state index in [0.29, 0.717) is 12.6 Å². The van der Waals surface area contributed by atoms with Gasteiger partial charge in [-0.1, -0.05) is 12.1 Å². The quantitative estimate of drug-likeness (QED) is 0.639. The van der Waals surface area contributed by atoms with Gasteiger partial charge in [0.2, 0.25) is 0 Å². The molecule has 0 unspecified atom stereocenters. The smallest absolute Gasteiger partial charge is 0.138 e. The van der Waals surface area contributed by atoms with Crippen molar-refractivity contribution < 1.29 is 5.11 Å². The highest BCUT2D eigenvalue weighted by Gasteiger charge is 2.28. The molecule has 0 radical (unpaired) electrons. The Morgan fingerprint density at radius 2 is 2.13 bits per heavy atom. The molecule has 1 aliphatic heterocycles. The molecule has 3 aromatic rings. The Morgan fingerprint density at radius 1 is 1.23 bits per heavy atom. The minimum Gasteiger partial charge on any atom is -0.390 e. The second-order valence-electron chi connectivity index (χ2n) is 8.83. The van der Waals surface area contributed by atoms with Crippen LogP contribution in [0.5, 0.6) is 0 Å². The van der Waals surface area contributed by atoms with Gasteiger partial charge in [-0.3, -0.25) is 14.3 Å². The second-order valence-corrected chi connectivity index (χ2v) is 8.83. The van der Waals surface area contributed by atoms with Crippen LogP contribution in [0, 0.1) is 0 Å². The first-order chi connectivity index (χ1) is 15.2. The SMILES string of the molecule is CN[C@@H]1CCN(c2cccc3nc(CN(C)[C@H]4CCCc5cccnc54)c(CO)n23)C1. The summed E-state index contributed by atoms with van der Waals surface area (Å²) in [6.07, 6.45) is 6.41. The molecule has 7 heteroatoms. The van der Waals surface area contributed by atoms with Crippen LogP contribution in [0.3, 0.4) is 0 Å². The topological polar surface area (TPSA) is 68.9 Å². The average Bonchev–Trinajstić information content (AvgIpc) is 3.42. The maximum absolute atomic E-state index is 10.3. The van der Waals surface area contributed by atoms with Crippen molar-refractivity contribution in [1.29, 1.82) is 0 Å². The first-order valence-corrected chi connectivity index (χ1v) is 11.4. The van der Waals surface area contributed by atoms with Gasteiger partial charge in [0.25, 0.3) is 0 Å². The molecule has 0 bridgehead atoms. The third kappa shape index (κ3) is 3.71. The Bertz CT molecular complexity index is 1060. The number of hydrogen-bond acceptors (Lipinski definition) is 6. The predicted octanol–water partition coefficient (Wildman–Crippen LogP) is 2.53. The van der Waals surface area contributed by atoms with Gasteiger partial charge in [0.05, 0.1) is 29.7 Å². The highest BCUT2D eigenvalue weighted by atomic mass is 16.3. The van der Waals surface area contributed by atoms with Crippen molar-refractivity contribution in [3.63, 3.8) is 0 Å². The molecule has 1 saturated heterocycles. The zero-order chi connectivity index (χ0) is 21.4. The maximum atomic E-state index is 10.3. The van der Waals surface area contributed by atoms with Gasteiger partial charge >= 0.3 is 0 Å². The van der Waals surface area contributed by atoms with Crippen molar-refractivity contribution in [2.75, 3.05) is 32.1 Å². The number of aliphatic hydroxyl groups is 1. The number of hydrogen-bond donors (Lipinski definition) is 2. The van der Waals surface area contributed by atoms with Crippen LogP contribution in [0.4, 0.5) is 5.82 Å². The lowest BCUT2D eigenvalue weighted by Crippen LogP contribution is -2.30. The van der Waals surface area contributed by atoms with Crippen LogP contribution in [0.15, 0.2) is 36.5 Å². The number of imidazole rings is 1. The molecule has 0 aromatic carbocycles. The number of fused-ring (bicyclic) bond motifs is 2. The van der Waals surface area contributed by atoms with Gasteiger partial charge in [0, 0.05) is 31.9 Å². The lowest BCUT2D eigenvalue weighted by atomic mass is 9.91. The van der Waals surface area contributed by atoms with Gasteiger partial charge in [0.15, 0.2) is 0 Å². The van der Waals surface area contributed by atoms with Gasteiger partial charge < -0.3 is 15.3 Å². The number of aliphatic hydroxyl groups excluding tert-OH is 1. The van der Waals surface area contributed by atoms with Gasteiger partial charge in [-0.15, -0.1) is 0 Å². The standard InChI is InChI=1S/C24H32N6O/c1-25-18-11-13-29(14-18)23-10-4-9-22-27-19(21(16-31)30(22)23)15-28(2)20-8-3-6-17-7-5-12-26-24(17)20/h4-5,7,9-10,12,18,20,25,31H,3,6,8,11,13-16H2,1-2H3/t18-,20+/m1/s1. The molecule has 164 valence electrons. The van der Waals surface area contributed by atoms with E-state index < -0.39 is 0 Å². The number of likely N-dealkylation sites (N-methyl/N-ethyl adjacent to an activating group) is 1. The fourth-order valence-electron chi connectivity index (χ4n) is 5.28. The number of nitrogens with one attached hydrogen (secondary N) is 1. The van der Waals surface area contributed by atoms with E-state index in [9.17, 15) is 5.11 Å². The Hall–Kier alpha value is -2.48. The summed E-state index contributed by atoms with van der Waals surface area (Å²) in [4.78, 5) is 14.4. The molecule has 1 fully saturated rings. The summed E-state index contributed by atoms with van der Waals surface area (Å²) in [5.74, 6) is 1.12. The molecule has 5 rings (SSSR count). The van der Waals surface area contributed by atoms with Gasteiger partial charge in [-0.25, -0.2) is 4.98 Å². The first-order valence-electron chi connectivity index (χ1n) is 11.4. The first kappa shape index (κ1) is 20.4. The zero-order valence-electron chi connectivity index (χ0n) is 18.5. The predicted molar refractivity (Wildman–Crippen MR) is 122 cm³/mol. The molecule has 2 N–H and O–H groups in total. The van der Waals surface area contributed by atoms with Crippen LogP contribution >= 0.6 is 0 Å². The molecule has 3 aromatic heterocycles. The van der Waals surface area contributed by atoms with Gasteiger partial charge in [-0.2, -0.15) is 0 Å². The summed E-state index contributed by atoms with van der Waals surface area (Å²) in [5, 5.41) is 13.7. The van der Waals surface area contributed by atoms with Crippen molar-refractivity contribution in [2.45, 2.75) is 50.9 Å². The number of rotatable bonds is 6. The van der Waals surface area contributed by atoms with Crippen molar-refractivity contribution in [3.8, 4) is 0 Å². The van der Waals surface area contributed by atoms with E-state index in [1.54, 1.807) is 0 Å². The average molecular weight is 421 g/mol. The zero-order valence-corrected chi connectivity index (χ0v) is 18.5. The molecule has 0 saturated carbocycles. The monoisotopic (exact) mass is 420 g/mol. The molecular formula is C24H32N6O. The van der Waals surface area contributed by atoms with E-state index in [0.717, 1.165) is 55.2 Å². The van der Waals surface area contributed by atoms with Crippen LogP contribution in [-0.4, -0.2) is 57.6 Å². The number of anilines is 1. The summed E-state index contributed by atoms with van der Waals surface area (Å²) in [6, 6.07) is 11.3. The molecule has 0 spiro atoms. The summed E-state index contributed by atoms with van der Waals surface area (Å²) >= 11 is 0. The number of nitrogens with zero attached hydrogens (tertiary/aromatic N) is 5. The van der Waals surface area contributed by atoms with E-state index >= 15 is 0 Å². The summed E-state index contributed by atoms with van der Waals surface area (Å²) in [5.41, 5.74) is 5.30. The fourth-order valence-corrected chi connectivity index (χ4v) is 5.28. The highest BCUT2D eigenvalue weighted by Crippen LogP contribution is 2.33. The van der Waals surface area contributed by atoms with Crippen molar-refractivity contribution in [1.82, 2.24) is 24.6 Å². The summed E-state index contributed by atoms with van der Waals surface area (Å²) in [7, 11) is 4.18. The molecular weight excluding hydrogens is 388 g/mol. The van der Waals surface area contributed by atoms with Crippen LogP contribution in [0.2, 0.25) is 0 Å². The van der Waals surface area contributed by atoms with Crippen molar-refractivity contribution in [3.05, 3.63) is 59.2 Å². The molecule has 31 heavy (non-hydrogen) atoms. The third-order valence-corrected chi connectivity index (χ3v) is 6.97. The molecule has 2 aliphatic rings. The van der Waals surface area contributed by atoms with Crippen LogP contribution < -0.4 is 10.2 Å². The maximum Gasteiger partial charge on any atom is 0.138 e. The van der Waals surface area contributed by atoms with Crippen molar-refractivity contribution >= 4 is 11.5 Å². The number of pyridine rings is 2. The number of aryl methyl sites for hydroxylation is 1. The van der Waals surface area contributed by atoms with Crippen LogP contribution in [0.1, 0.15) is 47.9 Å². The van der Waals surface area contributed by atoms with Crippen LogP contribution in [-0.2, 0) is 19.6 Å². The van der Waals surface area contributed by atoms with E-state index in [1.807, 2.05) is 25.4 Å². The minimum atomic E-state index is -0.0237. The highest BCUT2D eigenvalue weighted by molar-refractivity contribution is 5.55. The molecule has 1 aliphatic carbocycles. The third-order valence-electron chi connectivity index (χ3n) is 6.97. The molecule has 2 atom stereocenters. The van der Waals surface area contributed by atoms with E-state index in [-0.39, 0.29) is 12.6 Å².